The van der Waals surface area contributed by atoms with Gasteiger partial charge >= 0.3 is 0 Å². The number of sulfonamides is 1. The molecule has 0 aromatic heterocycles. The zero-order valence-corrected chi connectivity index (χ0v) is 15.3. The molecular formula is C17H21NO6S. The summed E-state index contributed by atoms with van der Waals surface area (Å²) in [6.45, 7) is 0.0733. The molecule has 1 N–H and O–H groups in total. The molecule has 8 heteroatoms. The average Bonchev–Trinajstić information content (AvgIpc) is 2.65. The summed E-state index contributed by atoms with van der Waals surface area (Å²) >= 11 is 0. The minimum Gasteiger partial charge on any atom is -0.497 e. The molecule has 0 heterocycles. The Bertz CT molecular complexity index is 835. The van der Waals surface area contributed by atoms with Gasteiger partial charge in [0.2, 0.25) is 10.0 Å². The molecule has 0 saturated carbocycles. The maximum atomic E-state index is 12.5. The normalized spacial score (nSPS) is 11.0. The van der Waals surface area contributed by atoms with Crippen molar-refractivity contribution in [3.8, 4) is 23.0 Å². The summed E-state index contributed by atoms with van der Waals surface area (Å²) in [7, 11) is 2.27. The third-order valence-corrected chi connectivity index (χ3v) is 5.01. The lowest BCUT2D eigenvalue weighted by molar-refractivity contribution is 0.354. The van der Waals surface area contributed by atoms with Gasteiger partial charge in [0.15, 0.2) is 11.5 Å². The van der Waals surface area contributed by atoms with Crippen LogP contribution in [0.25, 0.3) is 0 Å². The van der Waals surface area contributed by atoms with E-state index in [9.17, 15) is 8.42 Å². The van der Waals surface area contributed by atoms with Crippen molar-refractivity contribution in [3.05, 3.63) is 42.0 Å². The molecule has 2 aromatic carbocycles. The van der Waals surface area contributed by atoms with Crippen LogP contribution >= 0.6 is 0 Å². The van der Waals surface area contributed by atoms with Crippen LogP contribution in [0.3, 0.4) is 0 Å². The van der Waals surface area contributed by atoms with Crippen LogP contribution in [-0.2, 0) is 16.6 Å². The van der Waals surface area contributed by atoms with E-state index >= 15 is 0 Å². The first-order chi connectivity index (χ1) is 11.9. The summed E-state index contributed by atoms with van der Waals surface area (Å²) in [5.41, 5.74) is 0.687. The molecule has 0 saturated heterocycles. The first-order valence-corrected chi connectivity index (χ1v) is 8.86. The van der Waals surface area contributed by atoms with E-state index in [1.807, 2.05) is 0 Å². The number of nitrogens with one attached hydrogen (secondary N) is 1. The lowest BCUT2D eigenvalue weighted by Gasteiger charge is -2.13. The average molecular weight is 367 g/mol. The Balaban J connectivity index is 2.22. The highest BCUT2D eigenvalue weighted by atomic mass is 32.2. The predicted molar refractivity (Wildman–Crippen MR) is 93.1 cm³/mol. The van der Waals surface area contributed by atoms with E-state index in [2.05, 4.69) is 4.72 Å². The molecule has 0 aliphatic carbocycles. The van der Waals surface area contributed by atoms with Crippen molar-refractivity contribution in [2.24, 2.45) is 0 Å². The highest BCUT2D eigenvalue weighted by molar-refractivity contribution is 7.89. The lowest BCUT2D eigenvalue weighted by Crippen LogP contribution is -2.23. The Morgan fingerprint density at radius 2 is 1.48 bits per heavy atom. The summed E-state index contributed by atoms with van der Waals surface area (Å²) in [5.74, 6) is 1.96. The largest absolute Gasteiger partial charge is 0.497 e. The van der Waals surface area contributed by atoms with E-state index in [-0.39, 0.29) is 11.4 Å². The number of hydrogen-bond donors (Lipinski definition) is 1. The van der Waals surface area contributed by atoms with Crippen molar-refractivity contribution in [3.63, 3.8) is 0 Å². The first-order valence-electron chi connectivity index (χ1n) is 7.37. The third-order valence-electron chi connectivity index (χ3n) is 3.61. The Kier molecular flexibility index (Phi) is 6.11. The molecule has 0 bridgehead atoms. The molecular weight excluding hydrogens is 346 g/mol. The predicted octanol–water partition coefficient (Wildman–Crippen LogP) is 2.20. The molecule has 136 valence electrons. The van der Waals surface area contributed by atoms with Crippen LogP contribution in [0.15, 0.2) is 41.3 Å². The van der Waals surface area contributed by atoms with E-state index in [0.717, 1.165) is 0 Å². The van der Waals surface area contributed by atoms with Gasteiger partial charge in [0, 0.05) is 24.2 Å². The smallest absolute Gasteiger partial charge is 0.241 e. The summed E-state index contributed by atoms with van der Waals surface area (Å²) in [4.78, 5) is 0.0811. The molecule has 0 aliphatic heterocycles. The van der Waals surface area contributed by atoms with Crippen molar-refractivity contribution in [1.82, 2.24) is 4.72 Å². The molecule has 0 atom stereocenters. The topological polar surface area (TPSA) is 83.1 Å². The van der Waals surface area contributed by atoms with E-state index in [0.29, 0.717) is 28.6 Å². The second kappa shape index (κ2) is 8.09. The summed E-state index contributed by atoms with van der Waals surface area (Å²) in [5, 5.41) is 0. The van der Waals surface area contributed by atoms with E-state index in [1.54, 1.807) is 31.4 Å². The van der Waals surface area contributed by atoms with Crippen LogP contribution in [-0.4, -0.2) is 36.9 Å². The van der Waals surface area contributed by atoms with Gasteiger partial charge in [-0.2, -0.15) is 0 Å². The van der Waals surface area contributed by atoms with Crippen LogP contribution in [0, 0.1) is 0 Å². The zero-order valence-electron chi connectivity index (χ0n) is 14.5. The maximum Gasteiger partial charge on any atom is 0.241 e. The van der Waals surface area contributed by atoms with Crippen molar-refractivity contribution >= 4 is 10.0 Å². The minimum atomic E-state index is -3.73. The van der Waals surface area contributed by atoms with Crippen molar-refractivity contribution in [1.29, 1.82) is 0 Å². The maximum absolute atomic E-state index is 12.5. The highest BCUT2D eigenvalue weighted by Gasteiger charge is 2.18. The van der Waals surface area contributed by atoms with E-state index in [4.69, 9.17) is 18.9 Å². The number of rotatable bonds is 8. The molecule has 2 aromatic rings. The van der Waals surface area contributed by atoms with E-state index in [1.165, 1.54) is 33.5 Å². The fraction of sp³-hybridized carbons (Fsp3) is 0.294. The fourth-order valence-corrected chi connectivity index (χ4v) is 3.26. The van der Waals surface area contributed by atoms with Crippen LogP contribution in [0.4, 0.5) is 0 Å². The Labute approximate surface area is 147 Å². The van der Waals surface area contributed by atoms with Gasteiger partial charge in [-0.3, -0.25) is 0 Å². The molecule has 0 radical (unpaired) electrons. The van der Waals surface area contributed by atoms with Gasteiger partial charge in [0.1, 0.15) is 11.5 Å². The summed E-state index contributed by atoms with van der Waals surface area (Å²) < 4.78 is 48.3. The second-order valence-corrected chi connectivity index (χ2v) is 6.79. The second-order valence-electron chi connectivity index (χ2n) is 5.02. The number of ether oxygens (including phenoxy) is 4. The number of methoxy groups -OCH3 is 4. The van der Waals surface area contributed by atoms with Gasteiger partial charge in [-0.25, -0.2) is 13.1 Å². The molecule has 0 unspecified atom stereocenters. The monoisotopic (exact) mass is 367 g/mol. The Hall–Kier alpha value is -2.45. The quantitative estimate of drug-likeness (QED) is 0.770. The number of benzene rings is 2. The zero-order chi connectivity index (χ0) is 18.4. The van der Waals surface area contributed by atoms with Crippen LogP contribution in [0.1, 0.15) is 5.56 Å². The van der Waals surface area contributed by atoms with Crippen molar-refractivity contribution < 1.29 is 27.4 Å². The summed E-state index contributed by atoms with van der Waals surface area (Å²) in [6.07, 6.45) is 0. The SMILES string of the molecule is COc1ccc(CNS(=O)(=O)c2ccc(OC)c(OC)c2)c(OC)c1. The number of hydrogen-bond acceptors (Lipinski definition) is 6. The minimum absolute atomic E-state index is 0.0733. The van der Waals surface area contributed by atoms with Gasteiger partial charge in [0.25, 0.3) is 0 Å². The van der Waals surface area contributed by atoms with Gasteiger partial charge in [-0.1, -0.05) is 6.07 Å². The Morgan fingerprint density at radius 1 is 0.800 bits per heavy atom. The fourth-order valence-electron chi connectivity index (χ4n) is 2.24. The van der Waals surface area contributed by atoms with Crippen molar-refractivity contribution in [2.75, 3.05) is 28.4 Å². The molecule has 2 rings (SSSR count). The Morgan fingerprint density at radius 3 is 2.08 bits per heavy atom. The molecule has 25 heavy (non-hydrogen) atoms. The highest BCUT2D eigenvalue weighted by Crippen LogP contribution is 2.30. The molecule has 0 fully saturated rings. The van der Waals surface area contributed by atoms with Crippen LogP contribution in [0.5, 0.6) is 23.0 Å². The summed E-state index contributed by atoms with van der Waals surface area (Å²) in [6, 6.07) is 9.58. The van der Waals surface area contributed by atoms with Crippen LogP contribution < -0.4 is 23.7 Å². The lowest BCUT2D eigenvalue weighted by atomic mass is 10.2. The molecule has 0 spiro atoms. The van der Waals surface area contributed by atoms with Gasteiger partial charge in [-0.05, 0) is 18.2 Å². The van der Waals surface area contributed by atoms with E-state index < -0.39 is 10.0 Å². The first kappa shape index (κ1) is 18.9. The third kappa shape index (κ3) is 4.34. The molecule has 0 aliphatic rings. The van der Waals surface area contributed by atoms with Gasteiger partial charge in [0.05, 0.1) is 33.3 Å². The van der Waals surface area contributed by atoms with Gasteiger partial charge in [-0.15, -0.1) is 0 Å². The van der Waals surface area contributed by atoms with Gasteiger partial charge < -0.3 is 18.9 Å². The van der Waals surface area contributed by atoms with Crippen molar-refractivity contribution in [2.45, 2.75) is 11.4 Å². The molecule has 7 nitrogen and oxygen atoms in total. The standard InChI is InChI=1S/C17H21NO6S/c1-21-13-6-5-12(16(9-13)23-3)11-18-25(19,20)14-7-8-15(22-2)17(10-14)24-4/h5-10,18H,11H2,1-4H3. The van der Waals surface area contributed by atoms with Crippen LogP contribution in [0.2, 0.25) is 0 Å². The molecule has 0 amide bonds.